The molecule has 0 aliphatic rings. The summed E-state index contributed by atoms with van der Waals surface area (Å²) in [5, 5.41) is 8.90. The van der Waals surface area contributed by atoms with Gasteiger partial charge in [0.2, 0.25) is 0 Å². The van der Waals surface area contributed by atoms with Crippen molar-refractivity contribution >= 4 is 17.6 Å². The molecule has 0 aliphatic carbocycles. The second kappa shape index (κ2) is 7.35. The number of carboxylic acid groups (broad SMARTS) is 1. The van der Waals surface area contributed by atoms with Crippen molar-refractivity contribution in [2.24, 2.45) is 0 Å². The maximum absolute atomic E-state index is 13.5. The molecule has 0 spiro atoms. The number of aliphatic carboxylic acids is 1. The molecule has 1 aromatic rings. The van der Waals surface area contributed by atoms with Gasteiger partial charge in [0.15, 0.2) is 0 Å². The Morgan fingerprint density at radius 3 is 1.96 bits per heavy atom. The van der Waals surface area contributed by atoms with E-state index in [0.29, 0.717) is 18.2 Å². The van der Waals surface area contributed by atoms with E-state index in [9.17, 15) is 53.5 Å². The third-order valence-electron chi connectivity index (χ3n) is 2.94. The summed E-state index contributed by atoms with van der Waals surface area (Å²) < 4.78 is 132. The van der Waals surface area contributed by atoms with Crippen molar-refractivity contribution in [1.29, 1.82) is 0 Å². The molecule has 5 nitrogen and oxygen atoms in total. The highest BCUT2D eigenvalue weighted by atomic mass is 19.3. The highest BCUT2D eigenvalue weighted by Gasteiger charge is 2.78. The molecule has 0 fully saturated rings. The number of rotatable bonds is 8. The van der Waals surface area contributed by atoms with Gasteiger partial charge in [-0.05, 0) is 12.1 Å². The topological polar surface area (TPSA) is 75.6 Å². The number of halogens is 10. The monoisotopic (exact) mass is 431 g/mol. The Morgan fingerprint density at radius 1 is 0.964 bits per heavy atom. The number of carboxylic acids is 1. The SMILES string of the molecule is O=C(O)C(F)(F)C(F)(F)C(F)(F)C(=O)Nc1cccc(OC(F)(F)C(F)F)c1. The lowest BCUT2D eigenvalue weighted by atomic mass is 10.0. The Bertz CT molecular complexity index is 753. The standard InChI is InChI=1S/C13H7F10NO4/c14-7(15)12(20,21)28-6-3-1-2-5(4-6)24-8(25)10(16,17)13(22,23)11(18,19)9(26)27/h1-4,7H,(H,24,25)(H,26,27). The van der Waals surface area contributed by atoms with Crippen LogP contribution in [0.15, 0.2) is 24.3 Å². The molecule has 0 saturated carbocycles. The third kappa shape index (κ3) is 4.22. The molecule has 15 heteroatoms. The molecule has 2 N–H and O–H groups in total. The number of carbonyl (C=O) groups excluding carboxylic acids is 1. The molecular weight excluding hydrogens is 424 g/mol. The van der Waals surface area contributed by atoms with Gasteiger partial charge in [-0.3, -0.25) is 4.79 Å². The van der Waals surface area contributed by atoms with Crippen molar-refractivity contribution in [2.45, 2.75) is 30.3 Å². The van der Waals surface area contributed by atoms with Gasteiger partial charge in [-0.1, -0.05) is 6.07 Å². The smallest absolute Gasteiger partial charge is 0.461 e. The molecule has 0 heterocycles. The Kier molecular flexibility index (Phi) is 6.12. The van der Waals surface area contributed by atoms with Crippen LogP contribution >= 0.6 is 0 Å². The fourth-order valence-corrected chi connectivity index (χ4v) is 1.52. The lowest BCUT2D eigenvalue weighted by molar-refractivity contribution is -0.291. The summed E-state index contributed by atoms with van der Waals surface area (Å²) in [5.41, 5.74) is -1.01. The summed E-state index contributed by atoms with van der Waals surface area (Å²) in [5.74, 6) is -27.2. The van der Waals surface area contributed by atoms with Crippen LogP contribution < -0.4 is 10.1 Å². The summed E-state index contributed by atoms with van der Waals surface area (Å²) in [6.45, 7) is 0. The Labute approximate surface area is 147 Å². The maximum Gasteiger partial charge on any atom is 0.461 e. The van der Waals surface area contributed by atoms with Crippen LogP contribution in [-0.4, -0.2) is 47.3 Å². The molecule has 0 aromatic heterocycles. The number of alkyl halides is 10. The fraction of sp³-hybridized carbons (Fsp3) is 0.385. The fourth-order valence-electron chi connectivity index (χ4n) is 1.52. The summed E-state index contributed by atoms with van der Waals surface area (Å²) in [4.78, 5) is 21.4. The van der Waals surface area contributed by atoms with Crippen LogP contribution in [0.5, 0.6) is 5.75 Å². The highest BCUT2D eigenvalue weighted by Crippen LogP contribution is 2.46. The molecule has 0 bridgehead atoms. The Morgan fingerprint density at radius 2 is 1.50 bits per heavy atom. The van der Waals surface area contributed by atoms with Crippen molar-refractivity contribution in [3.8, 4) is 5.75 Å². The lowest BCUT2D eigenvalue weighted by Gasteiger charge is -2.29. The van der Waals surface area contributed by atoms with Gasteiger partial charge in [0.05, 0.1) is 0 Å². The number of ether oxygens (including phenoxy) is 1. The maximum atomic E-state index is 13.5. The lowest BCUT2D eigenvalue weighted by Crippen LogP contribution is -2.62. The minimum atomic E-state index is -6.69. The predicted molar refractivity (Wildman–Crippen MR) is 69.1 cm³/mol. The minimum Gasteiger partial charge on any atom is -0.477 e. The summed E-state index contributed by atoms with van der Waals surface area (Å²) in [6, 6.07) is 2.10. The van der Waals surface area contributed by atoms with Crippen LogP contribution in [0.1, 0.15) is 0 Å². The van der Waals surface area contributed by atoms with Crippen LogP contribution in [0.3, 0.4) is 0 Å². The van der Waals surface area contributed by atoms with E-state index in [0.717, 1.165) is 5.32 Å². The molecule has 1 amide bonds. The number of benzene rings is 1. The minimum absolute atomic E-state index is 0.220. The zero-order chi connectivity index (χ0) is 22.1. The van der Waals surface area contributed by atoms with Gasteiger partial charge < -0.3 is 15.2 Å². The quantitative estimate of drug-likeness (QED) is 0.614. The van der Waals surface area contributed by atoms with Crippen LogP contribution in [0.25, 0.3) is 0 Å². The van der Waals surface area contributed by atoms with Crippen LogP contribution in [-0.2, 0) is 9.59 Å². The normalized spacial score (nSPS) is 13.4. The molecule has 0 atom stereocenters. The van der Waals surface area contributed by atoms with Gasteiger partial charge in [-0.2, -0.15) is 43.9 Å². The second-order valence-electron chi connectivity index (χ2n) is 4.97. The summed E-state index contributed by atoms with van der Waals surface area (Å²) in [7, 11) is 0. The number of carbonyl (C=O) groups is 2. The molecular formula is C13H7F10NO4. The first-order valence-electron chi connectivity index (χ1n) is 6.60. The average Bonchev–Trinajstić information content (AvgIpc) is 2.53. The van der Waals surface area contributed by atoms with E-state index < -0.39 is 53.6 Å². The number of hydrogen-bond donors (Lipinski definition) is 2. The molecule has 0 saturated heterocycles. The molecule has 0 radical (unpaired) electrons. The largest absolute Gasteiger partial charge is 0.477 e. The van der Waals surface area contributed by atoms with Crippen molar-refractivity contribution in [2.75, 3.05) is 5.32 Å². The van der Waals surface area contributed by atoms with E-state index in [-0.39, 0.29) is 6.07 Å². The van der Waals surface area contributed by atoms with Gasteiger partial charge in [-0.25, -0.2) is 4.79 Å². The second-order valence-corrected chi connectivity index (χ2v) is 4.97. The average molecular weight is 431 g/mol. The van der Waals surface area contributed by atoms with E-state index in [4.69, 9.17) is 5.11 Å². The van der Waals surface area contributed by atoms with Gasteiger partial charge in [0.25, 0.3) is 0 Å². The molecule has 0 unspecified atom stereocenters. The van der Waals surface area contributed by atoms with Crippen LogP contribution in [0.2, 0.25) is 0 Å². The van der Waals surface area contributed by atoms with Gasteiger partial charge in [0, 0.05) is 11.8 Å². The molecule has 1 rings (SSSR count). The number of nitrogens with one attached hydrogen (secondary N) is 1. The van der Waals surface area contributed by atoms with E-state index in [2.05, 4.69) is 4.74 Å². The van der Waals surface area contributed by atoms with E-state index in [1.165, 1.54) is 0 Å². The first kappa shape index (κ1) is 23.3. The van der Waals surface area contributed by atoms with Crippen molar-refractivity contribution in [1.82, 2.24) is 0 Å². The highest BCUT2D eigenvalue weighted by molar-refractivity contribution is 5.98. The van der Waals surface area contributed by atoms with Gasteiger partial charge >= 0.3 is 42.2 Å². The number of anilines is 1. The Hall–Kier alpha value is -2.74. The van der Waals surface area contributed by atoms with E-state index in [1.807, 2.05) is 0 Å². The zero-order valence-corrected chi connectivity index (χ0v) is 12.8. The molecule has 0 aliphatic heterocycles. The first-order valence-corrected chi connectivity index (χ1v) is 6.60. The van der Waals surface area contributed by atoms with E-state index in [1.54, 1.807) is 0 Å². The number of amides is 1. The van der Waals surface area contributed by atoms with Crippen molar-refractivity contribution in [3.05, 3.63) is 24.3 Å². The first-order chi connectivity index (χ1) is 12.5. The van der Waals surface area contributed by atoms with E-state index >= 15 is 0 Å². The summed E-state index contributed by atoms with van der Waals surface area (Å²) in [6.07, 6.45) is -9.35. The molecule has 158 valence electrons. The van der Waals surface area contributed by atoms with Crippen LogP contribution in [0.4, 0.5) is 49.6 Å². The third-order valence-corrected chi connectivity index (χ3v) is 2.94. The van der Waals surface area contributed by atoms with Crippen molar-refractivity contribution in [3.63, 3.8) is 0 Å². The summed E-state index contributed by atoms with van der Waals surface area (Å²) >= 11 is 0. The molecule has 28 heavy (non-hydrogen) atoms. The van der Waals surface area contributed by atoms with Gasteiger partial charge in [0.1, 0.15) is 5.75 Å². The van der Waals surface area contributed by atoms with Crippen molar-refractivity contribution < 1.29 is 63.3 Å². The van der Waals surface area contributed by atoms with Gasteiger partial charge in [-0.15, -0.1) is 0 Å². The Balaban J connectivity index is 3.10. The predicted octanol–water partition coefficient (Wildman–Crippen LogP) is 3.85. The molecule has 1 aromatic carbocycles. The zero-order valence-electron chi connectivity index (χ0n) is 12.8. The number of hydrogen-bond acceptors (Lipinski definition) is 3. The van der Waals surface area contributed by atoms with Crippen LogP contribution in [0, 0.1) is 0 Å².